The van der Waals surface area contributed by atoms with Crippen LogP contribution in [0.4, 0.5) is 0 Å². The van der Waals surface area contributed by atoms with Gasteiger partial charge in [0.1, 0.15) is 0 Å². The van der Waals surface area contributed by atoms with E-state index in [1.54, 1.807) is 0 Å². The van der Waals surface area contributed by atoms with Gasteiger partial charge < -0.3 is 16.0 Å². The quantitative estimate of drug-likeness (QED) is 0.597. The first-order valence-electron chi connectivity index (χ1n) is 6.36. The van der Waals surface area contributed by atoms with Gasteiger partial charge in [-0.25, -0.2) is 0 Å². The predicted octanol–water partition coefficient (Wildman–Crippen LogP) is 1.20. The van der Waals surface area contributed by atoms with Crippen molar-refractivity contribution in [2.75, 3.05) is 39.3 Å². The van der Waals surface area contributed by atoms with Crippen molar-refractivity contribution >= 4 is 18.9 Å². The van der Waals surface area contributed by atoms with Crippen LogP contribution in [0.5, 0.6) is 0 Å². The summed E-state index contributed by atoms with van der Waals surface area (Å²) in [6.45, 7) is 19.2. The van der Waals surface area contributed by atoms with Crippen LogP contribution in [0, 0.1) is 0 Å². The zero-order chi connectivity index (χ0) is 12.4. The summed E-state index contributed by atoms with van der Waals surface area (Å²) in [7, 11) is 0. The maximum absolute atomic E-state index is 3.11. The van der Waals surface area contributed by atoms with Gasteiger partial charge in [-0.2, -0.15) is 0 Å². The van der Waals surface area contributed by atoms with Crippen LogP contribution in [0.2, 0.25) is 0 Å². The Labute approximate surface area is 116 Å². The fraction of sp³-hybridized carbons (Fsp3) is 1.00. The molecule has 0 saturated heterocycles. The molecule has 0 saturated carbocycles. The molecule has 0 bridgehead atoms. The zero-order valence-corrected chi connectivity index (χ0v) is 11.7. The zero-order valence-electron chi connectivity index (χ0n) is 11.7. The van der Waals surface area contributed by atoms with Crippen molar-refractivity contribution in [3.8, 4) is 0 Å². The molecule has 3 nitrogen and oxygen atoms in total. The molecule has 0 rings (SSSR count). The van der Waals surface area contributed by atoms with Crippen LogP contribution in [0.25, 0.3) is 0 Å². The van der Waals surface area contributed by atoms with Crippen molar-refractivity contribution in [3.05, 3.63) is 0 Å². The maximum atomic E-state index is 3.11. The van der Waals surface area contributed by atoms with Gasteiger partial charge in [0.05, 0.1) is 0 Å². The molecule has 0 unspecified atom stereocenters. The Balaban J connectivity index is -0.0000000655. The van der Waals surface area contributed by atoms with Gasteiger partial charge in [-0.3, -0.25) is 0 Å². The van der Waals surface area contributed by atoms with Crippen molar-refractivity contribution in [2.45, 2.75) is 41.5 Å². The topological polar surface area (TPSA) is 36.1 Å². The number of hydrogen-bond donors (Lipinski definition) is 3. The molecule has 0 aliphatic carbocycles. The molecule has 16 heavy (non-hydrogen) atoms. The molecule has 0 aromatic rings. The number of hydrogen-bond acceptors (Lipinski definition) is 3. The summed E-state index contributed by atoms with van der Waals surface area (Å²) in [5.41, 5.74) is 0. The molecular weight excluding hydrogens is 193 g/mol. The van der Waals surface area contributed by atoms with E-state index in [0.717, 1.165) is 39.3 Å². The van der Waals surface area contributed by atoms with Crippen LogP contribution >= 0.6 is 0 Å². The normalized spacial score (nSPS) is 7.88. The molecule has 0 aliphatic heterocycles. The summed E-state index contributed by atoms with van der Waals surface area (Å²) in [6.07, 6.45) is 0. The molecule has 0 aromatic heterocycles. The van der Waals surface area contributed by atoms with Gasteiger partial charge in [0.25, 0.3) is 0 Å². The molecule has 0 radical (unpaired) electrons. The fourth-order valence-corrected chi connectivity index (χ4v) is 0.750. The Hall–Kier alpha value is 0.477. The van der Waals surface area contributed by atoms with E-state index in [1.807, 2.05) is 0 Å². The first-order chi connectivity index (χ1) is 7.24. The van der Waals surface area contributed by atoms with Crippen LogP contribution in [-0.2, 0) is 0 Å². The van der Waals surface area contributed by atoms with Crippen LogP contribution in [0.1, 0.15) is 41.5 Å². The third-order valence-electron chi connectivity index (χ3n) is 1.50. The third-order valence-corrected chi connectivity index (χ3v) is 1.50. The Bertz CT molecular complexity index is 53.0. The predicted molar refractivity (Wildman–Crippen MR) is 79.8 cm³/mol. The van der Waals surface area contributed by atoms with E-state index in [4.69, 9.17) is 0 Å². The van der Waals surface area contributed by atoms with E-state index in [1.165, 1.54) is 0 Å². The van der Waals surface area contributed by atoms with Crippen molar-refractivity contribution in [2.24, 2.45) is 0 Å². The first-order valence-corrected chi connectivity index (χ1v) is 6.36. The monoisotopic (exact) mass is 227 g/mol. The van der Waals surface area contributed by atoms with E-state index >= 15 is 0 Å². The number of nitrogens with one attached hydrogen (secondary N) is 3. The summed E-state index contributed by atoms with van der Waals surface area (Å²) >= 11 is 0. The van der Waals surface area contributed by atoms with Crippen LogP contribution in [0.3, 0.4) is 0 Å². The van der Waals surface area contributed by atoms with Crippen LogP contribution in [0.15, 0.2) is 0 Å². The van der Waals surface area contributed by atoms with Crippen molar-refractivity contribution in [1.29, 1.82) is 0 Å². The Morgan fingerprint density at radius 2 is 0.562 bits per heavy atom. The molecule has 0 aromatic carbocycles. The summed E-state index contributed by atoms with van der Waals surface area (Å²) < 4.78 is 0. The van der Waals surface area contributed by atoms with Gasteiger partial charge in [-0.15, -0.1) is 0 Å². The molecule has 3 N–H and O–H groups in total. The van der Waals surface area contributed by atoms with Gasteiger partial charge in [0, 0.05) is 0 Å². The minimum absolute atomic E-state index is 0. The molecular formula is C12H34LiN3. The molecule has 98 valence electrons. The van der Waals surface area contributed by atoms with Gasteiger partial charge >= 0.3 is 18.9 Å². The van der Waals surface area contributed by atoms with E-state index in [9.17, 15) is 0 Å². The SMILES string of the molecule is CCNCC.CCNCC.CCNCC.[LiH]. The van der Waals surface area contributed by atoms with Crippen molar-refractivity contribution in [1.82, 2.24) is 16.0 Å². The summed E-state index contributed by atoms with van der Waals surface area (Å²) in [5.74, 6) is 0. The molecule has 0 heterocycles. The first kappa shape index (κ1) is 25.4. The summed E-state index contributed by atoms with van der Waals surface area (Å²) in [4.78, 5) is 0. The molecule has 0 atom stereocenters. The number of rotatable bonds is 6. The third kappa shape index (κ3) is 62.7. The van der Waals surface area contributed by atoms with E-state index in [0.29, 0.717) is 0 Å². The second-order valence-corrected chi connectivity index (χ2v) is 2.87. The Morgan fingerprint density at radius 3 is 0.562 bits per heavy atom. The van der Waals surface area contributed by atoms with Crippen molar-refractivity contribution in [3.63, 3.8) is 0 Å². The summed E-state index contributed by atoms with van der Waals surface area (Å²) in [6, 6.07) is 0. The standard InChI is InChI=1S/3C4H11N.Li.H/c3*1-3-5-4-2;;/h3*5H,3-4H2,1-2H3;;. The minimum atomic E-state index is 0. The Kier molecular flexibility index (Phi) is 57.2. The van der Waals surface area contributed by atoms with Gasteiger partial charge in [0.2, 0.25) is 0 Å². The molecule has 0 amide bonds. The van der Waals surface area contributed by atoms with Gasteiger partial charge in [-0.1, -0.05) is 41.5 Å². The average molecular weight is 227 g/mol. The van der Waals surface area contributed by atoms with E-state index in [2.05, 4.69) is 57.5 Å². The van der Waals surface area contributed by atoms with Crippen molar-refractivity contribution < 1.29 is 0 Å². The average Bonchev–Trinajstić information content (AvgIpc) is 2.23. The van der Waals surface area contributed by atoms with E-state index < -0.39 is 0 Å². The second kappa shape index (κ2) is 36.1. The second-order valence-electron chi connectivity index (χ2n) is 2.87. The molecule has 0 spiro atoms. The van der Waals surface area contributed by atoms with Crippen LogP contribution in [-0.4, -0.2) is 58.1 Å². The molecule has 0 aliphatic rings. The van der Waals surface area contributed by atoms with Crippen LogP contribution < -0.4 is 16.0 Å². The Morgan fingerprint density at radius 1 is 0.438 bits per heavy atom. The molecule has 0 fully saturated rings. The fourth-order valence-electron chi connectivity index (χ4n) is 0.750. The van der Waals surface area contributed by atoms with Gasteiger partial charge in [-0.05, 0) is 39.3 Å². The van der Waals surface area contributed by atoms with E-state index in [-0.39, 0.29) is 18.9 Å². The summed E-state index contributed by atoms with van der Waals surface area (Å²) in [5, 5.41) is 9.33. The molecule has 4 heteroatoms. The van der Waals surface area contributed by atoms with Gasteiger partial charge in [0.15, 0.2) is 0 Å².